The largest absolute Gasteiger partial charge is 0.495 e. The van der Waals surface area contributed by atoms with E-state index in [-0.39, 0.29) is 5.38 Å². The fraction of sp³-hybridized carbons (Fsp3) is 0.167. The summed E-state index contributed by atoms with van der Waals surface area (Å²) in [7, 11) is 1.58. The Kier molecular flexibility index (Phi) is 4.60. The smallest absolute Gasteiger partial charge is 0.138 e. The van der Waals surface area contributed by atoms with Crippen LogP contribution in [0.4, 0.5) is 0 Å². The van der Waals surface area contributed by atoms with Gasteiger partial charge in [0.1, 0.15) is 11.4 Å². The SMILES string of the molecule is C=C1NC(c2ncc(OC)cc2Cl)=C(c2ccccc2)CC1Cl. The standard InChI is InChI=1S/C18H16Cl2N2O/c1-11-15(19)9-14(12-6-4-3-5-7-12)17(22-11)18-16(20)8-13(23-2)10-21-18/h3-8,10,15,22H,1,9H2,2H3. The molecule has 0 amide bonds. The Morgan fingerprint density at radius 2 is 2.04 bits per heavy atom. The molecule has 0 fully saturated rings. The van der Waals surface area contributed by atoms with E-state index in [0.717, 1.165) is 22.5 Å². The van der Waals surface area contributed by atoms with Crippen LogP contribution >= 0.6 is 23.2 Å². The van der Waals surface area contributed by atoms with E-state index in [9.17, 15) is 0 Å². The van der Waals surface area contributed by atoms with Crippen LogP contribution < -0.4 is 10.1 Å². The highest BCUT2D eigenvalue weighted by Crippen LogP contribution is 2.37. The van der Waals surface area contributed by atoms with E-state index >= 15 is 0 Å². The van der Waals surface area contributed by atoms with E-state index < -0.39 is 0 Å². The number of nitrogens with one attached hydrogen (secondary N) is 1. The number of hydrogen-bond acceptors (Lipinski definition) is 3. The molecule has 1 N–H and O–H groups in total. The van der Waals surface area contributed by atoms with Gasteiger partial charge in [-0.25, -0.2) is 4.98 Å². The maximum atomic E-state index is 6.40. The molecule has 1 atom stereocenters. The lowest BCUT2D eigenvalue weighted by molar-refractivity contribution is 0.413. The first kappa shape index (κ1) is 15.9. The second kappa shape index (κ2) is 6.65. The number of halogens is 2. The minimum absolute atomic E-state index is 0.175. The minimum atomic E-state index is -0.175. The summed E-state index contributed by atoms with van der Waals surface area (Å²) in [5.74, 6) is 0.616. The molecule has 0 saturated heterocycles. The summed E-state index contributed by atoms with van der Waals surface area (Å²) in [4.78, 5) is 4.45. The van der Waals surface area contributed by atoms with Crippen molar-refractivity contribution >= 4 is 34.5 Å². The van der Waals surface area contributed by atoms with Gasteiger partial charge >= 0.3 is 0 Å². The van der Waals surface area contributed by atoms with Crippen LogP contribution in [0.5, 0.6) is 5.75 Å². The van der Waals surface area contributed by atoms with E-state index in [1.54, 1.807) is 19.4 Å². The predicted octanol–water partition coefficient (Wildman–Crippen LogP) is 4.73. The van der Waals surface area contributed by atoms with Crippen LogP contribution in [0.1, 0.15) is 17.7 Å². The zero-order chi connectivity index (χ0) is 16.4. The quantitative estimate of drug-likeness (QED) is 0.816. The van der Waals surface area contributed by atoms with Gasteiger partial charge < -0.3 is 10.1 Å². The third kappa shape index (κ3) is 3.21. The van der Waals surface area contributed by atoms with Gasteiger partial charge in [-0.05, 0) is 17.6 Å². The molecule has 0 radical (unpaired) electrons. The number of ether oxygens (including phenoxy) is 1. The van der Waals surface area contributed by atoms with Crippen molar-refractivity contribution in [2.24, 2.45) is 0 Å². The van der Waals surface area contributed by atoms with E-state index in [2.05, 4.69) is 16.9 Å². The van der Waals surface area contributed by atoms with Gasteiger partial charge in [0.15, 0.2) is 0 Å². The molecule has 0 spiro atoms. The molecule has 3 rings (SSSR count). The number of allylic oxidation sites excluding steroid dienone is 2. The minimum Gasteiger partial charge on any atom is -0.495 e. The van der Waals surface area contributed by atoms with Crippen molar-refractivity contribution in [1.29, 1.82) is 0 Å². The summed E-state index contributed by atoms with van der Waals surface area (Å²) in [6.07, 6.45) is 2.31. The molecule has 1 aromatic carbocycles. The Morgan fingerprint density at radius 1 is 1.30 bits per heavy atom. The molecule has 1 aliphatic heterocycles. The van der Waals surface area contributed by atoms with Crippen LogP contribution in [0.15, 0.2) is 54.9 Å². The first-order valence-corrected chi connectivity index (χ1v) is 8.00. The maximum absolute atomic E-state index is 6.40. The molecule has 1 aliphatic rings. The van der Waals surface area contributed by atoms with Crippen LogP contribution in [0, 0.1) is 0 Å². The van der Waals surface area contributed by atoms with Crippen LogP contribution in [-0.4, -0.2) is 17.5 Å². The van der Waals surface area contributed by atoms with Crippen molar-refractivity contribution in [2.45, 2.75) is 11.8 Å². The number of nitrogens with zero attached hydrogens (tertiary/aromatic N) is 1. The van der Waals surface area contributed by atoms with Gasteiger partial charge in [0.25, 0.3) is 0 Å². The summed E-state index contributed by atoms with van der Waals surface area (Å²) >= 11 is 12.8. The highest BCUT2D eigenvalue weighted by molar-refractivity contribution is 6.32. The molecule has 5 heteroatoms. The van der Waals surface area contributed by atoms with E-state index in [0.29, 0.717) is 22.9 Å². The zero-order valence-electron chi connectivity index (χ0n) is 12.6. The van der Waals surface area contributed by atoms with Gasteiger partial charge in [0.2, 0.25) is 0 Å². The van der Waals surface area contributed by atoms with Gasteiger partial charge in [0, 0.05) is 11.8 Å². The molecule has 2 aromatic rings. The van der Waals surface area contributed by atoms with Crippen LogP contribution in [-0.2, 0) is 0 Å². The van der Waals surface area contributed by atoms with E-state index in [4.69, 9.17) is 27.9 Å². The molecular formula is C18H16Cl2N2O. The molecule has 0 aliphatic carbocycles. The Labute approximate surface area is 145 Å². The number of hydrogen-bond donors (Lipinski definition) is 1. The fourth-order valence-electron chi connectivity index (χ4n) is 2.54. The highest BCUT2D eigenvalue weighted by Gasteiger charge is 2.26. The van der Waals surface area contributed by atoms with Gasteiger partial charge in [-0.1, -0.05) is 48.5 Å². The molecule has 3 nitrogen and oxygen atoms in total. The van der Waals surface area contributed by atoms with Gasteiger partial charge in [-0.3, -0.25) is 0 Å². The molecule has 0 bridgehead atoms. The third-order valence-corrected chi connectivity index (χ3v) is 4.47. The highest BCUT2D eigenvalue weighted by atomic mass is 35.5. The molecule has 1 aromatic heterocycles. The lowest BCUT2D eigenvalue weighted by atomic mass is 9.93. The van der Waals surface area contributed by atoms with Crippen molar-refractivity contribution < 1.29 is 4.74 Å². The second-order valence-electron chi connectivity index (χ2n) is 5.25. The summed E-state index contributed by atoms with van der Waals surface area (Å²) in [6.45, 7) is 3.99. The zero-order valence-corrected chi connectivity index (χ0v) is 14.2. The second-order valence-corrected chi connectivity index (χ2v) is 6.18. The van der Waals surface area contributed by atoms with Crippen molar-refractivity contribution in [2.75, 3.05) is 7.11 Å². The molecule has 23 heavy (non-hydrogen) atoms. The number of methoxy groups -OCH3 is 1. The van der Waals surface area contributed by atoms with Crippen molar-refractivity contribution in [1.82, 2.24) is 10.3 Å². The topological polar surface area (TPSA) is 34.2 Å². The van der Waals surface area contributed by atoms with Crippen LogP contribution in [0.3, 0.4) is 0 Å². The van der Waals surface area contributed by atoms with Crippen molar-refractivity contribution in [3.8, 4) is 5.75 Å². The van der Waals surface area contributed by atoms with E-state index in [1.807, 2.05) is 30.3 Å². The number of alkyl halides is 1. The average molecular weight is 347 g/mol. The maximum Gasteiger partial charge on any atom is 0.138 e. The van der Waals surface area contributed by atoms with Gasteiger partial charge in [-0.2, -0.15) is 0 Å². The molecule has 0 saturated carbocycles. The number of aromatic nitrogens is 1. The van der Waals surface area contributed by atoms with Crippen LogP contribution in [0.25, 0.3) is 11.3 Å². The van der Waals surface area contributed by atoms with Gasteiger partial charge in [0.05, 0.1) is 29.4 Å². The Bertz CT molecular complexity index is 772. The summed E-state index contributed by atoms with van der Waals surface area (Å²) in [5.41, 5.74) is 4.40. The molecule has 1 unspecified atom stereocenters. The summed E-state index contributed by atoms with van der Waals surface area (Å²) < 4.78 is 5.16. The van der Waals surface area contributed by atoms with Crippen LogP contribution in [0.2, 0.25) is 5.02 Å². The number of pyridine rings is 1. The first-order valence-electron chi connectivity index (χ1n) is 7.18. The number of benzene rings is 1. The first-order chi connectivity index (χ1) is 11.1. The average Bonchev–Trinajstić information content (AvgIpc) is 2.57. The third-order valence-electron chi connectivity index (χ3n) is 3.76. The lowest BCUT2D eigenvalue weighted by Gasteiger charge is -2.28. The summed E-state index contributed by atoms with van der Waals surface area (Å²) in [6, 6.07) is 11.8. The predicted molar refractivity (Wildman–Crippen MR) is 95.6 cm³/mol. The molecular weight excluding hydrogens is 331 g/mol. The monoisotopic (exact) mass is 346 g/mol. The molecule has 2 heterocycles. The lowest BCUT2D eigenvalue weighted by Crippen LogP contribution is -2.26. The van der Waals surface area contributed by atoms with E-state index in [1.165, 1.54) is 0 Å². The van der Waals surface area contributed by atoms with Crippen molar-refractivity contribution in [3.05, 3.63) is 71.2 Å². The summed E-state index contributed by atoms with van der Waals surface area (Å²) in [5, 5.41) is 3.61. The Balaban J connectivity index is 2.16. The fourth-order valence-corrected chi connectivity index (χ4v) is 3.00. The Morgan fingerprint density at radius 3 is 2.70 bits per heavy atom. The number of rotatable bonds is 3. The van der Waals surface area contributed by atoms with Gasteiger partial charge in [-0.15, -0.1) is 11.6 Å². The van der Waals surface area contributed by atoms with Crippen molar-refractivity contribution in [3.63, 3.8) is 0 Å². The normalized spacial score (nSPS) is 17.9. The Hall–Kier alpha value is -1.97. The molecule has 118 valence electrons.